The number of fused-ring (bicyclic) bond motifs is 1. The van der Waals surface area contributed by atoms with Gasteiger partial charge < -0.3 is 15.7 Å². The number of carbonyl (C=O) groups is 2. The van der Waals surface area contributed by atoms with Crippen molar-refractivity contribution in [1.29, 1.82) is 0 Å². The van der Waals surface area contributed by atoms with E-state index in [1.165, 1.54) is 12.4 Å². The zero-order valence-electron chi connectivity index (χ0n) is 19.4. The first kappa shape index (κ1) is 22.9. The lowest BCUT2D eigenvalue weighted by Gasteiger charge is -2.17. The maximum atomic E-state index is 12.7. The number of carboxylic acid groups (broad SMARTS) is 1. The maximum absolute atomic E-state index is 12.7. The number of aromatic amines is 1. The summed E-state index contributed by atoms with van der Waals surface area (Å²) in [5.74, 6) is -0.813. The molecule has 0 fully saturated rings. The number of carboxylic acids is 1. The van der Waals surface area contributed by atoms with Gasteiger partial charge in [-0.1, -0.05) is 39.0 Å². The number of rotatable bonds is 6. The molecule has 34 heavy (non-hydrogen) atoms. The zero-order chi connectivity index (χ0) is 24.5. The molecular weight excluding hydrogens is 432 g/mol. The van der Waals surface area contributed by atoms with Gasteiger partial charge in [0.15, 0.2) is 5.69 Å². The van der Waals surface area contributed by atoms with Crippen LogP contribution in [0.1, 0.15) is 65.8 Å². The van der Waals surface area contributed by atoms with Gasteiger partial charge in [0.1, 0.15) is 12.1 Å². The van der Waals surface area contributed by atoms with Crippen molar-refractivity contribution in [1.82, 2.24) is 20.2 Å². The van der Waals surface area contributed by atoms with Gasteiger partial charge in [-0.3, -0.25) is 9.89 Å². The van der Waals surface area contributed by atoms with Gasteiger partial charge in [0, 0.05) is 22.2 Å². The van der Waals surface area contributed by atoms with Crippen molar-refractivity contribution < 1.29 is 14.7 Å². The van der Waals surface area contributed by atoms with E-state index in [0.29, 0.717) is 28.1 Å². The molecular formula is C25H26N6O3. The Morgan fingerprint density at radius 3 is 2.53 bits per heavy atom. The number of anilines is 2. The molecule has 0 aliphatic rings. The lowest BCUT2D eigenvalue weighted by Crippen LogP contribution is -2.14. The number of benzene rings is 2. The fourth-order valence-electron chi connectivity index (χ4n) is 3.57. The number of hydrogen-bond donors (Lipinski definition) is 4. The highest BCUT2D eigenvalue weighted by Gasteiger charge is 2.20. The summed E-state index contributed by atoms with van der Waals surface area (Å²) in [6.45, 7) is 8.09. The van der Waals surface area contributed by atoms with Crippen molar-refractivity contribution in [2.75, 3.05) is 10.6 Å². The molecule has 2 aromatic carbocycles. The molecule has 1 amide bonds. The molecule has 0 aliphatic carbocycles. The minimum atomic E-state index is -1.04. The molecule has 9 heteroatoms. The van der Waals surface area contributed by atoms with E-state index in [2.05, 4.69) is 30.8 Å². The van der Waals surface area contributed by atoms with Crippen molar-refractivity contribution >= 4 is 34.3 Å². The van der Waals surface area contributed by atoms with Crippen LogP contribution in [0.15, 0.2) is 54.9 Å². The van der Waals surface area contributed by atoms with Gasteiger partial charge >= 0.3 is 5.97 Å². The maximum Gasteiger partial charge on any atom is 0.337 e. The van der Waals surface area contributed by atoms with Crippen molar-refractivity contribution in [2.24, 2.45) is 0 Å². The second kappa shape index (κ2) is 8.93. The van der Waals surface area contributed by atoms with E-state index in [1.54, 1.807) is 18.2 Å². The standard InChI is InChI=1S/C25H26N6O3/c1-14(28-22-17-9-6-10-18(24(33)34)21(17)26-13-27-22)15-7-5-8-16(11-15)29-23(32)19-12-20(31-30-19)25(2,3)4/h5-14H,1-4H3,(H,29,32)(H,30,31)(H,33,34)(H,26,27,28)/t14-/m1/s1. The molecule has 0 spiro atoms. The van der Waals surface area contributed by atoms with Crippen LogP contribution in [-0.2, 0) is 5.41 Å². The van der Waals surface area contributed by atoms with Crippen molar-refractivity contribution in [3.63, 3.8) is 0 Å². The number of amides is 1. The molecule has 4 aromatic rings. The quantitative estimate of drug-likeness (QED) is 0.327. The van der Waals surface area contributed by atoms with E-state index in [9.17, 15) is 14.7 Å². The average molecular weight is 459 g/mol. The molecule has 4 rings (SSSR count). The first-order chi connectivity index (χ1) is 16.1. The van der Waals surface area contributed by atoms with E-state index in [1.807, 2.05) is 52.0 Å². The van der Waals surface area contributed by atoms with Gasteiger partial charge in [-0.2, -0.15) is 5.10 Å². The molecule has 0 saturated carbocycles. The van der Waals surface area contributed by atoms with Crippen molar-refractivity contribution in [3.8, 4) is 0 Å². The minimum absolute atomic E-state index is 0.119. The van der Waals surface area contributed by atoms with Gasteiger partial charge in [0.05, 0.1) is 17.1 Å². The highest BCUT2D eigenvalue weighted by molar-refractivity contribution is 6.04. The van der Waals surface area contributed by atoms with Gasteiger partial charge in [0.2, 0.25) is 0 Å². The molecule has 4 N–H and O–H groups in total. The predicted octanol–water partition coefficient (Wildman–Crippen LogP) is 4.77. The fourth-order valence-corrected chi connectivity index (χ4v) is 3.57. The Labute approximate surface area is 196 Å². The predicted molar refractivity (Wildman–Crippen MR) is 130 cm³/mol. The smallest absolute Gasteiger partial charge is 0.337 e. The Morgan fingerprint density at radius 2 is 1.82 bits per heavy atom. The van der Waals surface area contributed by atoms with Crippen LogP contribution in [0.2, 0.25) is 0 Å². The van der Waals surface area contributed by atoms with Crippen LogP contribution in [-0.4, -0.2) is 37.1 Å². The number of para-hydroxylation sites is 1. The third-order valence-corrected chi connectivity index (χ3v) is 5.51. The monoisotopic (exact) mass is 458 g/mol. The van der Waals surface area contributed by atoms with Gasteiger partial charge in [-0.05, 0) is 42.8 Å². The van der Waals surface area contributed by atoms with Gasteiger partial charge in [0.25, 0.3) is 5.91 Å². The summed E-state index contributed by atoms with van der Waals surface area (Å²) in [7, 11) is 0. The number of hydrogen-bond acceptors (Lipinski definition) is 6. The molecule has 0 unspecified atom stereocenters. The summed E-state index contributed by atoms with van der Waals surface area (Å²) in [6.07, 6.45) is 1.34. The summed E-state index contributed by atoms with van der Waals surface area (Å²) in [6, 6.07) is 14.0. The topological polar surface area (TPSA) is 133 Å². The van der Waals surface area contributed by atoms with Gasteiger partial charge in [-0.15, -0.1) is 0 Å². The lowest BCUT2D eigenvalue weighted by atomic mass is 9.92. The fraction of sp³-hybridized carbons (Fsp3) is 0.240. The second-order valence-electron chi connectivity index (χ2n) is 9.09. The summed E-state index contributed by atoms with van der Waals surface area (Å²) in [5.41, 5.74) is 3.11. The molecule has 0 radical (unpaired) electrons. The summed E-state index contributed by atoms with van der Waals surface area (Å²) >= 11 is 0. The molecule has 1 atom stereocenters. The average Bonchev–Trinajstić information content (AvgIpc) is 3.30. The third-order valence-electron chi connectivity index (χ3n) is 5.51. The van der Waals surface area contributed by atoms with Crippen LogP contribution in [0.4, 0.5) is 11.5 Å². The van der Waals surface area contributed by atoms with E-state index in [0.717, 1.165) is 11.3 Å². The zero-order valence-corrected chi connectivity index (χ0v) is 19.4. The summed E-state index contributed by atoms with van der Waals surface area (Å²) < 4.78 is 0. The van der Waals surface area contributed by atoms with Crippen LogP contribution in [0.25, 0.3) is 10.9 Å². The Hall–Kier alpha value is -4.27. The second-order valence-corrected chi connectivity index (χ2v) is 9.09. The summed E-state index contributed by atoms with van der Waals surface area (Å²) in [5, 5.41) is 23.3. The largest absolute Gasteiger partial charge is 0.478 e. The van der Waals surface area contributed by atoms with Crippen LogP contribution >= 0.6 is 0 Å². The first-order valence-corrected chi connectivity index (χ1v) is 10.8. The normalized spacial score (nSPS) is 12.4. The van der Waals surface area contributed by atoms with Gasteiger partial charge in [-0.25, -0.2) is 14.8 Å². The number of aromatic carboxylic acids is 1. The van der Waals surface area contributed by atoms with Crippen molar-refractivity contribution in [2.45, 2.75) is 39.2 Å². The molecule has 0 bridgehead atoms. The third kappa shape index (κ3) is 4.73. The Morgan fingerprint density at radius 1 is 1.06 bits per heavy atom. The Balaban J connectivity index is 1.53. The summed E-state index contributed by atoms with van der Waals surface area (Å²) in [4.78, 5) is 32.7. The Bertz CT molecular complexity index is 1370. The van der Waals surface area contributed by atoms with Crippen LogP contribution in [0.3, 0.4) is 0 Å². The SMILES string of the molecule is C[C@@H](Nc1ncnc2c(C(=O)O)cccc12)c1cccc(NC(=O)c2cc(C(C)(C)C)[nH]n2)c1. The highest BCUT2D eigenvalue weighted by atomic mass is 16.4. The molecule has 2 heterocycles. The molecule has 9 nitrogen and oxygen atoms in total. The van der Waals surface area contributed by atoms with Crippen molar-refractivity contribution in [3.05, 3.63) is 77.4 Å². The van der Waals surface area contributed by atoms with E-state index in [4.69, 9.17) is 0 Å². The number of aromatic nitrogens is 4. The van der Waals surface area contributed by atoms with Crippen LogP contribution in [0, 0.1) is 0 Å². The lowest BCUT2D eigenvalue weighted by molar-refractivity contribution is 0.0698. The minimum Gasteiger partial charge on any atom is -0.478 e. The number of H-pyrrole nitrogens is 1. The number of carbonyl (C=O) groups excluding carboxylic acids is 1. The molecule has 0 saturated heterocycles. The molecule has 2 aromatic heterocycles. The first-order valence-electron chi connectivity index (χ1n) is 10.8. The van der Waals surface area contributed by atoms with E-state index in [-0.39, 0.29) is 22.9 Å². The Kier molecular flexibility index (Phi) is 6.02. The van der Waals surface area contributed by atoms with Crippen LogP contribution < -0.4 is 10.6 Å². The van der Waals surface area contributed by atoms with Crippen LogP contribution in [0.5, 0.6) is 0 Å². The van der Waals surface area contributed by atoms with E-state index >= 15 is 0 Å². The van der Waals surface area contributed by atoms with E-state index < -0.39 is 5.97 Å². The molecule has 174 valence electrons. The number of nitrogens with zero attached hydrogens (tertiary/aromatic N) is 3. The number of nitrogens with one attached hydrogen (secondary N) is 3. The molecule has 0 aliphatic heterocycles. The highest BCUT2D eigenvalue weighted by Crippen LogP contribution is 2.27.